The highest BCUT2D eigenvalue weighted by atomic mass is 79.9. The molecule has 0 atom stereocenters. The Morgan fingerprint density at radius 3 is 2.19 bits per heavy atom. The van der Waals surface area contributed by atoms with Gasteiger partial charge in [0.1, 0.15) is 19.7 Å². The van der Waals surface area contributed by atoms with Crippen LogP contribution in [0.4, 0.5) is 0 Å². The molecule has 6 heteroatoms. The molecule has 0 aliphatic carbocycles. The lowest BCUT2D eigenvalue weighted by molar-refractivity contribution is -0.904. The summed E-state index contributed by atoms with van der Waals surface area (Å²) in [5, 5.41) is 0. The van der Waals surface area contributed by atoms with Gasteiger partial charge >= 0.3 is 5.97 Å². The van der Waals surface area contributed by atoms with Gasteiger partial charge in [-0.05, 0) is 0 Å². The average molecular weight is 434 g/mol. The first-order valence-corrected chi connectivity index (χ1v) is 8.38. The van der Waals surface area contributed by atoms with Crippen molar-refractivity contribution in [2.24, 2.45) is 0 Å². The van der Waals surface area contributed by atoms with Crippen molar-refractivity contribution in [1.29, 1.82) is 0 Å². The molecular formula is C21H24BrNO4. The molecule has 0 radical (unpaired) electrons. The monoisotopic (exact) mass is 433 g/mol. The molecule has 0 saturated carbocycles. The summed E-state index contributed by atoms with van der Waals surface area (Å²) in [5.74, 6) is -0.586. The van der Waals surface area contributed by atoms with E-state index in [4.69, 9.17) is 4.89 Å². The molecule has 0 aliphatic rings. The third-order valence-electron chi connectivity index (χ3n) is 3.95. The molecule has 2 rings (SSSR count). The number of rotatable bonds is 9. The highest BCUT2D eigenvalue weighted by Crippen LogP contribution is 2.14. The zero-order chi connectivity index (χ0) is 19.0. The smallest absolute Gasteiger partial charge is 0.365 e. The minimum atomic E-state index is -0.603. The van der Waals surface area contributed by atoms with Crippen LogP contribution in [0.25, 0.3) is 0 Å². The summed E-state index contributed by atoms with van der Waals surface area (Å²) >= 11 is 0. The van der Waals surface area contributed by atoms with Crippen molar-refractivity contribution >= 4 is 11.8 Å². The average Bonchev–Trinajstić information content (AvgIpc) is 2.65. The van der Waals surface area contributed by atoms with Crippen LogP contribution in [-0.2, 0) is 21.1 Å². The molecule has 0 aromatic heterocycles. The Labute approximate surface area is 170 Å². The predicted octanol–water partition coefficient (Wildman–Crippen LogP) is 0.159. The Kier molecular flexibility index (Phi) is 9.08. The van der Waals surface area contributed by atoms with E-state index in [9.17, 15) is 9.59 Å². The summed E-state index contributed by atoms with van der Waals surface area (Å²) in [5.41, 5.74) is 2.47. The number of hydrogen-bond acceptors (Lipinski definition) is 4. The number of carbonyl (C=O) groups is 2. The molecule has 144 valence electrons. The van der Waals surface area contributed by atoms with Gasteiger partial charge in [0, 0.05) is 22.8 Å². The lowest BCUT2D eigenvalue weighted by atomic mass is 10.0. The number of quaternary nitrogens is 1. The molecule has 0 saturated heterocycles. The second-order valence-electron chi connectivity index (χ2n) is 6.64. The lowest BCUT2D eigenvalue weighted by Gasteiger charge is -2.29. The van der Waals surface area contributed by atoms with Gasteiger partial charge in [0.25, 0.3) is 0 Å². The molecule has 0 aliphatic heterocycles. The van der Waals surface area contributed by atoms with Crippen molar-refractivity contribution in [1.82, 2.24) is 0 Å². The number of carbonyl (C=O) groups excluding carboxylic acids is 2. The fraction of sp³-hybridized carbons (Fsp3) is 0.238. The van der Waals surface area contributed by atoms with E-state index in [1.54, 1.807) is 0 Å². The van der Waals surface area contributed by atoms with Crippen LogP contribution in [0.1, 0.15) is 21.5 Å². The molecule has 2 aromatic carbocycles. The van der Waals surface area contributed by atoms with Crippen molar-refractivity contribution in [2.75, 3.05) is 27.2 Å². The van der Waals surface area contributed by atoms with E-state index in [-0.39, 0.29) is 29.4 Å². The van der Waals surface area contributed by atoms with Gasteiger partial charge in [-0.15, -0.1) is 0 Å². The van der Waals surface area contributed by atoms with E-state index in [0.29, 0.717) is 22.2 Å². The Morgan fingerprint density at radius 2 is 1.59 bits per heavy atom. The van der Waals surface area contributed by atoms with Gasteiger partial charge < -0.3 is 21.5 Å². The number of benzene rings is 2. The maximum absolute atomic E-state index is 12.4. The molecule has 2 aromatic rings. The zero-order valence-electron chi connectivity index (χ0n) is 15.6. The minimum Gasteiger partial charge on any atom is -1.00 e. The summed E-state index contributed by atoms with van der Waals surface area (Å²) in [6.45, 7) is 5.01. The number of halogens is 1. The summed E-state index contributed by atoms with van der Waals surface area (Å²) in [4.78, 5) is 32.7. The third kappa shape index (κ3) is 7.46. The predicted molar refractivity (Wildman–Crippen MR) is 99.2 cm³/mol. The van der Waals surface area contributed by atoms with Gasteiger partial charge in [-0.2, -0.15) is 4.89 Å². The summed E-state index contributed by atoms with van der Waals surface area (Å²) in [7, 11) is 4.11. The molecule has 0 spiro atoms. The maximum Gasteiger partial charge on any atom is 0.365 e. The van der Waals surface area contributed by atoms with E-state index >= 15 is 0 Å². The van der Waals surface area contributed by atoms with Gasteiger partial charge in [0.15, 0.2) is 5.78 Å². The fourth-order valence-electron chi connectivity index (χ4n) is 2.51. The number of likely N-dealkylation sites (N-methyl/N-ethyl adjacent to an activating group) is 1. The molecule has 0 heterocycles. The van der Waals surface area contributed by atoms with Crippen molar-refractivity contribution in [3.63, 3.8) is 0 Å². The van der Waals surface area contributed by atoms with E-state index in [1.807, 2.05) is 54.6 Å². The highest BCUT2D eigenvalue weighted by Gasteiger charge is 2.17. The van der Waals surface area contributed by atoms with Crippen LogP contribution < -0.4 is 17.0 Å². The van der Waals surface area contributed by atoms with Gasteiger partial charge in [-0.25, -0.2) is 4.79 Å². The lowest BCUT2D eigenvalue weighted by Crippen LogP contribution is -3.00. The van der Waals surface area contributed by atoms with Crippen LogP contribution in [0.5, 0.6) is 0 Å². The molecule has 27 heavy (non-hydrogen) atoms. The van der Waals surface area contributed by atoms with Crippen molar-refractivity contribution in [3.05, 3.63) is 83.9 Å². The van der Waals surface area contributed by atoms with E-state index in [1.165, 1.54) is 0 Å². The van der Waals surface area contributed by atoms with Crippen LogP contribution in [0.3, 0.4) is 0 Å². The Bertz CT molecular complexity index is 758. The first-order chi connectivity index (χ1) is 12.4. The number of hydrogen-bond donors (Lipinski definition) is 0. The molecule has 0 N–H and O–H groups in total. The fourth-order valence-corrected chi connectivity index (χ4v) is 2.51. The quantitative estimate of drug-likeness (QED) is 0.141. The Balaban J connectivity index is 0.00000364. The van der Waals surface area contributed by atoms with Crippen LogP contribution in [0.15, 0.2) is 67.3 Å². The van der Waals surface area contributed by atoms with Crippen LogP contribution >= 0.6 is 0 Å². The normalized spacial score (nSPS) is 10.6. The third-order valence-corrected chi connectivity index (χ3v) is 3.95. The van der Waals surface area contributed by atoms with Gasteiger partial charge in [-0.1, -0.05) is 61.2 Å². The topological polar surface area (TPSA) is 52.6 Å². The first kappa shape index (κ1) is 22.8. The van der Waals surface area contributed by atoms with Crippen LogP contribution in [0.2, 0.25) is 0 Å². The second-order valence-corrected chi connectivity index (χ2v) is 6.64. The first-order valence-electron chi connectivity index (χ1n) is 8.38. The van der Waals surface area contributed by atoms with Crippen molar-refractivity contribution in [3.8, 4) is 0 Å². The SMILES string of the molecule is C=CC(=O)OOCC[N+](C)(C)Cc1ccc(C(=O)c2ccccc2)cc1.[Br-]. The molecule has 0 amide bonds. The zero-order valence-corrected chi connectivity index (χ0v) is 17.1. The second kappa shape index (κ2) is 10.8. The Hall–Kier alpha value is -2.28. The van der Waals surface area contributed by atoms with Gasteiger partial charge in [0.2, 0.25) is 0 Å². The Morgan fingerprint density at radius 1 is 1.00 bits per heavy atom. The summed E-state index contributed by atoms with van der Waals surface area (Å²) in [6, 6.07) is 16.9. The van der Waals surface area contributed by atoms with Crippen LogP contribution in [0, 0.1) is 0 Å². The summed E-state index contributed by atoms with van der Waals surface area (Å²) < 4.78 is 0.650. The van der Waals surface area contributed by atoms with Gasteiger partial charge in [0.05, 0.1) is 14.1 Å². The molecule has 0 fully saturated rings. The molecule has 0 bridgehead atoms. The van der Waals surface area contributed by atoms with Crippen LogP contribution in [-0.4, -0.2) is 43.5 Å². The van der Waals surface area contributed by atoms with E-state index in [0.717, 1.165) is 18.2 Å². The molecular weight excluding hydrogens is 410 g/mol. The highest BCUT2D eigenvalue weighted by molar-refractivity contribution is 6.08. The number of ketones is 1. The van der Waals surface area contributed by atoms with E-state index < -0.39 is 5.97 Å². The maximum atomic E-state index is 12.4. The molecule has 0 unspecified atom stereocenters. The minimum absolute atomic E-state index is 0. The van der Waals surface area contributed by atoms with E-state index in [2.05, 4.69) is 25.6 Å². The molecule has 5 nitrogen and oxygen atoms in total. The standard InChI is InChI=1S/C21H24NO4.BrH/c1-4-20(23)26-25-15-14-22(2,3)16-17-10-12-19(13-11-17)21(24)18-8-6-5-7-9-18;/h4-13H,1,14-16H2,2-3H3;1H/q+1;/p-1. The van der Waals surface area contributed by atoms with Gasteiger partial charge in [-0.3, -0.25) is 9.68 Å². The van der Waals surface area contributed by atoms with Crippen molar-refractivity contribution < 1.29 is 40.8 Å². The summed E-state index contributed by atoms with van der Waals surface area (Å²) in [6.07, 6.45) is 1.05. The number of nitrogens with zero attached hydrogens (tertiary/aromatic N) is 1. The largest absolute Gasteiger partial charge is 1.00 e. The van der Waals surface area contributed by atoms with Crippen molar-refractivity contribution in [2.45, 2.75) is 6.54 Å².